The number of halogens is 1. The molecule has 0 aliphatic carbocycles. The topological polar surface area (TPSA) is 78.5 Å². The maximum Gasteiger partial charge on any atom is 0.322 e. The van der Waals surface area contributed by atoms with Crippen LogP contribution in [-0.2, 0) is 16.0 Å². The molecule has 2 aliphatic rings. The number of imide groups is 1. The minimum Gasteiger partial charge on any atom is -0.339 e. The van der Waals surface area contributed by atoms with Crippen LogP contribution in [0, 0.1) is 11.8 Å². The van der Waals surface area contributed by atoms with E-state index in [1.807, 2.05) is 38.1 Å². The van der Waals surface area contributed by atoms with Crippen molar-refractivity contribution in [3.05, 3.63) is 47.0 Å². The number of benzene rings is 1. The monoisotopic (exact) mass is 403 g/mol. The quantitative estimate of drug-likeness (QED) is 0.586. The molecule has 3 rings (SSSR count). The molecule has 2 fully saturated rings. The first-order valence-corrected chi connectivity index (χ1v) is 10.0. The van der Waals surface area contributed by atoms with Crippen LogP contribution in [0.2, 0.25) is 5.02 Å². The summed E-state index contributed by atoms with van der Waals surface area (Å²) >= 11 is 6.31. The fourth-order valence-corrected chi connectivity index (χ4v) is 4.18. The molecule has 0 radical (unpaired) electrons. The molecule has 1 atom stereocenters. The zero-order valence-electron chi connectivity index (χ0n) is 16.2. The average Bonchev–Trinajstić information content (AvgIpc) is 2.96. The van der Waals surface area contributed by atoms with Gasteiger partial charge in [0.25, 0.3) is 5.91 Å². The minimum atomic E-state index is -1.04. The molecule has 1 unspecified atom stereocenters. The van der Waals surface area contributed by atoms with Crippen LogP contribution >= 0.6 is 11.6 Å². The fraction of sp³-hybridized carbons (Fsp3) is 0.476. The number of amides is 4. The van der Waals surface area contributed by atoms with Gasteiger partial charge in [0.15, 0.2) is 0 Å². The zero-order chi connectivity index (χ0) is 20.3. The van der Waals surface area contributed by atoms with E-state index >= 15 is 0 Å². The molecule has 28 heavy (non-hydrogen) atoms. The second kappa shape index (κ2) is 8.35. The van der Waals surface area contributed by atoms with Gasteiger partial charge in [-0.15, -0.1) is 0 Å². The van der Waals surface area contributed by atoms with Gasteiger partial charge < -0.3 is 10.2 Å². The lowest BCUT2D eigenvalue weighted by Crippen LogP contribution is -2.57. The fourth-order valence-electron chi connectivity index (χ4n) is 3.98. The van der Waals surface area contributed by atoms with Crippen LogP contribution in [0.4, 0.5) is 4.79 Å². The predicted octanol–water partition coefficient (Wildman–Crippen LogP) is 2.91. The van der Waals surface area contributed by atoms with E-state index in [0.29, 0.717) is 43.3 Å². The van der Waals surface area contributed by atoms with Crippen LogP contribution in [0.25, 0.3) is 0 Å². The lowest BCUT2D eigenvalue weighted by atomic mass is 9.74. The zero-order valence-corrected chi connectivity index (χ0v) is 17.0. The first-order chi connectivity index (χ1) is 13.3. The minimum absolute atomic E-state index is 0.00721. The summed E-state index contributed by atoms with van der Waals surface area (Å²) in [5, 5.41) is 5.83. The summed E-state index contributed by atoms with van der Waals surface area (Å²) in [5.41, 5.74) is -0.217. The van der Waals surface area contributed by atoms with E-state index in [9.17, 15) is 14.4 Å². The lowest BCUT2D eigenvalue weighted by Gasteiger charge is -2.40. The standard InChI is InChI=1S/C21H26ClN3O3/c1-14(2)7-8-18(26)25-11-9-16(10-12-25)21(19(27)23-20(28)24-21)13-15-5-3-4-6-17(15)22/h3-8,14,16H,9-13H2,1-2H3,(H2,23,24,27,28)/b8-7+. The highest BCUT2D eigenvalue weighted by atomic mass is 35.5. The molecule has 1 aromatic carbocycles. The summed E-state index contributed by atoms with van der Waals surface area (Å²) in [6.45, 7) is 5.16. The molecular weight excluding hydrogens is 378 g/mol. The van der Waals surface area contributed by atoms with Gasteiger partial charge in [-0.25, -0.2) is 4.79 Å². The maximum absolute atomic E-state index is 12.8. The van der Waals surface area contributed by atoms with Gasteiger partial charge in [-0.05, 0) is 42.4 Å². The Morgan fingerprint density at radius 2 is 1.96 bits per heavy atom. The van der Waals surface area contributed by atoms with E-state index < -0.39 is 11.6 Å². The van der Waals surface area contributed by atoms with Crippen molar-refractivity contribution in [2.24, 2.45) is 11.8 Å². The number of likely N-dealkylation sites (tertiary alicyclic amines) is 1. The summed E-state index contributed by atoms with van der Waals surface area (Å²) in [6, 6.07) is 6.88. The molecule has 2 saturated heterocycles. The number of nitrogens with zero attached hydrogens (tertiary/aromatic N) is 1. The Morgan fingerprint density at radius 1 is 1.29 bits per heavy atom. The number of carbonyl (C=O) groups is 3. The van der Waals surface area contributed by atoms with Crippen LogP contribution in [0.1, 0.15) is 32.3 Å². The third kappa shape index (κ3) is 4.22. The van der Waals surface area contributed by atoms with E-state index in [2.05, 4.69) is 10.6 Å². The molecule has 0 saturated carbocycles. The smallest absolute Gasteiger partial charge is 0.322 e. The second-order valence-corrected chi connectivity index (χ2v) is 8.26. The molecular formula is C21H26ClN3O3. The van der Waals surface area contributed by atoms with Gasteiger partial charge in [0.2, 0.25) is 5.91 Å². The summed E-state index contributed by atoms with van der Waals surface area (Å²) in [5.74, 6) is -0.0831. The molecule has 6 nitrogen and oxygen atoms in total. The lowest BCUT2D eigenvalue weighted by molar-refractivity contribution is -0.129. The largest absolute Gasteiger partial charge is 0.339 e. The normalized spacial score (nSPS) is 23.4. The van der Waals surface area contributed by atoms with Crippen LogP contribution in [0.3, 0.4) is 0 Å². The van der Waals surface area contributed by atoms with Crippen LogP contribution in [0.15, 0.2) is 36.4 Å². The summed E-state index contributed by atoms with van der Waals surface area (Å²) in [7, 11) is 0. The van der Waals surface area contributed by atoms with Crippen molar-refractivity contribution in [3.63, 3.8) is 0 Å². The summed E-state index contributed by atoms with van der Waals surface area (Å²) < 4.78 is 0. The van der Waals surface area contributed by atoms with E-state index in [1.165, 1.54) is 0 Å². The molecule has 0 aromatic heterocycles. The van der Waals surface area contributed by atoms with Gasteiger partial charge in [0.1, 0.15) is 5.54 Å². The Morgan fingerprint density at radius 3 is 2.54 bits per heavy atom. The number of piperidine rings is 1. The van der Waals surface area contributed by atoms with Gasteiger partial charge in [0.05, 0.1) is 0 Å². The predicted molar refractivity (Wildman–Crippen MR) is 108 cm³/mol. The Labute approximate surface area is 170 Å². The van der Waals surface area contributed by atoms with Crippen molar-refractivity contribution in [2.45, 2.75) is 38.6 Å². The second-order valence-electron chi connectivity index (χ2n) is 7.85. The van der Waals surface area contributed by atoms with Gasteiger partial charge in [-0.1, -0.05) is 49.7 Å². The summed E-state index contributed by atoms with van der Waals surface area (Å²) in [4.78, 5) is 38.9. The van der Waals surface area contributed by atoms with Crippen LogP contribution in [-0.4, -0.2) is 41.4 Å². The van der Waals surface area contributed by atoms with Crippen molar-refractivity contribution in [2.75, 3.05) is 13.1 Å². The molecule has 0 bridgehead atoms. The molecule has 4 amide bonds. The van der Waals surface area contributed by atoms with Gasteiger partial charge in [-0.2, -0.15) is 0 Å². The Bertz CT molecular complexity index is 800. The van der Waals surface area contributed by atoms with Crippen molar-refractivity contribution in [1.29, 1.82) is 0 Å². The highest BCUT2D eigenvalue weighted by molar-refractivity contribution is 6.31. The average molecular weight is 404 g/mol. The Hall–Kier alpha value is -2.34. The Balaban J connectivity index is 1.76. The van der Waals surface area contributed by atoms with Crippen molar-refractivity contribution in [3.8, 4) is 0 Å². The highest BCUT2D eigenvalue weighted by Gasteiger charge is 2.52. The van der Waals surface area contributed by atoms with E-state index in [1.54, 1.807) is 17.0 Å². The number of hydrogen-bond acceptors (Lipinski definition) is 3. The van der Waals surface area contributed by atoms with Crippen LogP contribution < -0.4 is 10.6 Å². The first-order valence-electron chi connectivity index (χ1n) is 9.66. The van der Waals surface area contributed by atoms with Gasteiger partial charge >= 0.3 is 6.03 Å². The van der Waals surface area contributed by atoms with Crippen molar-refractivity contribution >= 4 is 29.4 Å². The SMILES string of the molecule is CC(C)/C=C/C(=O)N1CCC(C2(Cc3ccccc3Cl)NC(=O)NC2=O)CC1. The van der Waals surface area contributed by atoms with Crippen molar-refractivity contribution in [1.82, 2.24) is 15.5 Å². The molecule has 2 aliphatic heterocycles. The first kappa shape index (κ1) is 20.4. The number of allylic oxidation sites excluding steroid dienone is 1. The number of nitrogens with one attached hydrogen (secondary N) is 2. The summed E-state index contributed by atoms with van der Waals surface area (Å²) in [6.07, 6.45) is 5.11. The van der Waals surface area contributed by atoms with E-state index in [0.717, 1.165) is 5.56 Å². The van der Waals surface area contributed by atoms with Gasteiger partial charge in [0, 0.05) is 24.5 Å². The van der Waals surface area contributed by atoms with E-state index in [-0.39, 0.29) is 17.7 Å². The van der Waals surface area contributed by atoms with E-state index in [4.69, 9.17) is 11.6 Å². The van der Waals surface area contributed by atoms with Gasteiger partial charge in [-0.3, -0.25) is 14.9 Å². The number of urea groups is 1. The van der Waals surface area contributed by atoms with Crippen LogP contribution in [0.5, 0.6) is 0 Å². The third-order valence-electron chi connectivity index (χ3n) is 5.52. The highest BCUT2D eigenvalue weighted by Crippen LogP contribution is 2.35. The molecule has 7 heteroatoms. The number of rotatable bonds is 5. The number of hydrogen-bond donors (Lipinski definition) is 2. The maximum atomic E-state index is 12.8. The number of carbonyl (C=O) groups excluding carboxylic acids is 3. The molecule has 150 valence electrons. The molecule has 2 heterocycles. The molecule has 1 aromatic rings. The van der Waals surface area contributed by atoms with Crippen molar-refractivity contribution < 1.29 is 14.4 Å². The third-order valence-corrected chi connectivity index (χ3v) is 5.89. The Kier molecular flexibility index (Phi) is 6.08. The molecule has 0 spiro atoms. The molecule has 2 N–H and O–H groups in total.